The van der Waals surface area contributed by atoms with Crippen LogP contribution in [0.25, 0.3) is 22.2 Å². The van der Waals surface area contributed by atoms with Gasteiger partial charge in [0.25, 0.3) is 0 Å². The van der Waals surface area contributed by atoms with Gasteiger partial charge in [0.05, 0.1) is 5.52 Å². The summed E-state index contributed by atoms with van der Waals surface area (Å²) >= 11 is 5.23. The van der Waals surface area contributed by atoms with Crippen molar-refractivity contribution in [2.75, 3.05) is 6.61 Å². The Hall–Kier alpha value is -2.11. The molecule has 0 bridgehead atoms. The van der Waals surface area contributed by atoms with E-state index in [2.05, 4.69) is 27.1 Å². The summed E-state index contributed by atoms with van der Waals surface area (Å²) in [6.45, 7) is 3.03. The highest BCUT2D eigenvalue weighted by Gasteiger charge is 2.04. The molecule has 0 radical (unpaired) electrons. The zero-order valence-electron chi connectivity index (χ0n) is 11.7. The molecular formula is C16H15N3OS. The van der Waals surface area contributed by atoms with Gasteiger partial charge in [0.2, 0.25) is 0 Å². The average Bonchev–Trinajstić information content (AvgIpc) is 2.52. The summed E-state index contributed by atoms with van der Waals surface area (Å²) in [5.74, 6) is 0.737. The molecule has 0 aliphatic carbocycles. The summed E-state index contributed by atoms with van der Waals surface area (Å²) in [7, 11) is 0. The molecule has 2 aromatic heterocycles. The van der Waals surface area contributed by atoms with Gasteiger partial charge in [-0.1, -0.05) is 30.4 Å². The molecule has 0 aliphatic heterocycles. The molecular weight excluding hydrogens is 282 g/mol. The second-order valence-electron chi connectivity index (χ2n) is 4.63. The molecule has 0 saturated heterocycles. The molecule has 0 saturated carbocycles. The van der Waals surface area contributed by atoms with Gasteiger partial charge in [-0.05, 0) is 25.1 Å². The van der Waals surface area contributed by atoms with E-state index in [0.29, 0.717) is 17.9 Å². The van der Waals surface area contributed by atoms with E-state index in [0.717, 1.165) is 28.0 Å². The van der Waals surface area contributed by atoms with Crippen LogP contribution in [0.3, 0.4) is 0 Å². The van der Waals surface area contributed by atoms with Gasteiger partial charge in [0.1, 0.15) is 17.1 Å². The standard InChI is InChI=1S/C16H15N3OS/c1-2-20-10-15-18-14(9-16(21)19-15)12-6-5-11-4-3-7-17-13(11)8-12/h3-9H,2,10H2,1H3,(H,18,19,21). The fourth-order valence-corrected chi connectivity index (χ4v) is 2.39. The fourth-order valence-electron chi connectivity index (χ4n) is 2.16. The van der Waals surface area contributed by atoms with Crippen molar-refractivity contribution in [1.29, 1.82) is 0 Å². The molecule has 3 rings (SSSR count). The molecule has 0 aliphatic rings. The molecule has 1 aromatic carbocycles. The molecule has 4 nitrogen and oxygen atoms in total. The molecule has 1 N–H and O–H groups in total. The van der Waals surface area contributed by atoms with Crippen LogP contribution in [0, 0.1) is 4.64 Å². The van der Waals surface area contributed by atoms with Crippen LogP contribution >= 0.6 is 12.2 Å². The van der Waals surface area contributed by atoms with Crippen molar-refractivity contribution in [2.45, 2.75) is 13.5 Å². The first-order chi connectivity index (χ1) is 10.3. The maximum absolute atomic E-state index is 5.38. The Kier molecular flexibility index (Phi) is 4.03. The van der Waals surface area contributed by atoms with Gasteiger partial charge in [-0.3, -0.25) is 4.98 Å². The molecule has 5 heteroatoms. The van der Waals surface area contributed by atoms with E-state index >= 15 is 0 Å². The Morgan fingerprint density at radius 2 is 2.14 bits per heavy atom. The predicted molar refractivity (Wildman–Crippen MR) is 85.5 cm³/mol. The first-order valence-electron chi connectivity index (χ1n) is 6.79. The van der Waals surface area contributed by atoms with Crippen molar-refractivity contribution in [1.82, 2.24) is 15.0 Å². The molecule has 0 unspecified atom stereocenters. The minimum Gasteiger partial charge on any atom is -0.374 e. The Morgan fingerprint density at radius 3 is 3.00 bits per heavy atom. The third kappa shape index (κ3) is 3.15. The van der Waals surface area contributed by atoms with E-state index in [9.17, 15) is 0 Å². The quantitative estimate of drug-likeness (QED) is 0.742. The van der Waals surface area contributed by atoms with Crippen LogP contribution in [0.5, 0.6) is 0 Å². The van der Waals surface area contributed by atoms with Crippen LogP contribution in [-0.4, -0.2) is 21.6 Å². The van der Waals surface area contributed by atoms with Crippen molar-refractivity contribution in [3.63, 3.8) is 0 Å². The lowest BCUT2D eigenvalue weighted by Crippen LogP contribution is -2.00. The average molecular weight is 297 g/mol. The van der Waals surface area contributed by atoms with Crippen LogP contribution < -0.4 is 0 Å². The molecule has 3 aromatic rings. The number of nitrogens with one attached hydrogen (secondary N) is 1. The summed E-state index contributed by atoms with van der Waals surface area (Å²) in [5, 5.41) is 1.11. The van der Waals surface area contributed by atoms with Crippen LogP contribution in [0.1, 0.15) is 12.7 Å². The second kappa shape index (κ2) is 6.11. The van der Waals surface area contributed by atoms with E-state index in [1.165, 1.54) is 0 Å². The zero-order chi connectivity index (χ0) is 14.7. The van der Waals surface area contributed by atoms with Crippen molar-refractivity contribution < 1.29 is 4.74 Å². The van der Waals surface area contributed by atoms with Gasteiger partial charge in [0.15, 0.2) is 0 Å². The largest absolute Gasteiger partial charge is 0.374 e. The number of aromatic nitrogens is 3. The van der Waals surface area contributed by atoms with Crippen molar-refractivity contribution in [3.05, 3.63) is 53.1 Å². The molecule has 0 atom stereocenters. The van der Waals surface area contributed by atoms with Crippen LogP contribution in [0.15, 0.2) is 42.6 Å². The van der Waals surface area contributed by atoms with Crippen molar-refractivity contribution >= 4 is 23.1 Å². The number of hydrogen-bond donors (Lipinski definition) is 1. The fraction of sp³-hybridized carbons (Fsp3) is 0.188. The van der Waals surface area contributed by atoms with Crippen molar-refractivity contribution in [2.24, 2.45) is 0 Å². The smallest absolute Gasteiger partial charge is 0.134 e. The van der Waals surface area contributed by atoms with Gasteiger partial charge in [-0.15, -0.1) is 0 Å². The number of fused-ring (bicyclic) bond motifs is 1. The van der Waals surface area contributed by atoms with Crippen molar-refractivity contribution in [3.8, 4) is 11.3 Å². The number of H-pyrrole nitrogens is 1. The van der Waals surface area contributed by atoms with Crippen LogP contribution in [0.4, 0.5) is 0 Å². The minimum atomic E-state index is 0.430. The summed E-state index contributed by atoms with van der Waals surface area (Å²) in [6.07, 6.45) is 1.79. The normalized spacial score (nSPS) is 10.9. The Balaban J connectivity index is 2.04. The van der Waals surface area contributed by atoms with Crippen LogP contribution in [0.2, 0.25) is 0 Å². The van der Waals surface area contributed by atoms with Gasteiger partial charge < -0.3 is 9.72 Å². The maximum atomic E-state index is 5.38. The number of benzene rings is 1. The summed E-state index contributed by atoms with van der Waals surface area (Å²) in [6, 6.07) is 12.0. The number of ether oxygens (including phenoxy) is 1. The molecule has 0 fully saturated rings. The van der Waals surface area contributed by atoms with E-state index < -0.39 is 0 Å². The zero-order valence-corrected chi connectivity index (χ0v) is 12.5. The van der Waals surface area contributed by atoms with E-state index in [4.69, 9.17) is 17.0 Å². The lowest BCUT2D eigenvalue weighted by Gasteiger charge is -2.07. The molecule has 0 amide bonds. The summed E-state index contributed by atoms with van der Waals surface area (Å²) < 4.78 is 5.94. The summed E-state index contributed by atoms with van der Waals surface area (Å²) in [5.41, 5.74) is 2.92. The number of nitrogens with zero attached hydrogens (tertiary/aromatic N) is 2. The van der Waals surface area contributed by atoms with Gasteiger partial charge in [-0.2, -0.15) is 0 Å². The number of pyridine rings is 1. The Labute approximate surface area is 127 Å². The Bertz CT molecular complexity index is 829. The highest BCUT2D eigenvalue weighted by molar-refractivity contribution is 7.71. The minimum absolute atomic E-state index is 0.430. The molecule has 21 heavy (non-hydrogen) atoms. The predicted octanol–water partition coefficient (Wildman–Crippen LogP) is 3.89. The van der Waals surface area contributed by atoms with E-state index in [-0.39, 0.29) is 0 Å². The van der Waals surface area contributed by atoms with Gasteiger partial charge in [0, 0.05) is 29.4 Å². The van der Waals surface area contributed by atoms with Crippen LogP contribution in [-0.2, 0) is 11.3 Å². The molecule has 106 valence electrons. The first kappa shape index (κ1) is 13.9. The lowest BCUT2D eigenvalue weighted by molar-refractivity contribution is 0.128. The number of aromatic amines is 1. The summed E-state index contributed by atoms with van der Waals surface area (Å²) in [4.78, 5) is 11.9. The first-order valence-corrected chi connectivity index (χ1v) is 7.20. The highest BCUT2D eigenvalue weighted by atomic mass is 32.1. The maximum Gasteiger partial charge on any atom is 0.134 e. The third-order valence-electron chi connectivity index (χ3n) is 3.15. The monoisotopic (exact) mass is 297 g/mol. The van der Waals surface area contributed by atoms with E-state index in [1.807, 2.05) is 31.2 Å². The SMILES string of the molecule is CCOCc1nc(=S)cc(-c2ccc3cccnc3c2)[nH]1. The number of rotatable bonds is 4. The third-order valence-corrected chi connectivity index (χ3v) is 3.36. The molecule has 2 heterocycles. The topological polar surface area (TPSA) is 50.8 Å². The lowest BCUT2D eigenvalue weighted by atomic mass is 10.1. The number of hydrogen-bond acceptors (Lipinski definition) is 4. The van der Waals surface area contributed by atoms with Gasteiger partial charge >= 0.3 is 0 Å². The molecule has 0 spiro atoms. The Morgan fingerprint density at radius 1 is 1.24 bits per heavy atom. The highest BCUT2D eigenvalue weighted by Crippen LogP contribution is 2.22. The second-order valence-corrected chi connectivity index (χ2v) is 5.05. The van der Waals surface area contributed by atoms with E-state index in [1.54, 1.807) is 6.20 Å². The van der Waals surface area contributed by atoms with Gasteiger partial charge in [-0.25, -0.2) is 4.98 Å².